The molecule has 0 unspecified atom stereocenters. The van der Waals surface area contributed by atoms with Gasteiger partial charge in [0, 0.05) is 43.0 Å². The maximum absolute atomic E-state index is 13.5. The highest BCUT2D eigenvalue weighted by atomic mass is 32.2. The van der Waals surface area contributed by atoms with Crippen LogP contribution in [0.3, 0.4) is 0 Å². The van der Waals surface area contributed by atoms with Gasteiger partial charge in [-0.2, -0.15) is 4.31 Å². The molecule has 0 aromatic heterocycles. The van der Waals surface area contributed by atoms with E-state index in [0.29, 0.717) is 12.1 Å². The first-order valence-electron chi connectivity index (χ1n) is 11.7. The molecule has 0 radical (unpaired) electrons. The molecule has 2 aliphatic rings. The normalized spacial score (nSPS) is 23.7. The molecule has 7 nitrogen and oxygen atoms in total. The van der Waals surface area contributed by atoms with Crippen LogP contribution in [-0.4, -0.2) is 67.5 Å². The fourth-order valence-electron chi connectivity index (χ4n) is 4.08. The number of carbonyl (C=O) groups is 1. The van der Waals surface area contributed by atoms with Gasteiger partial charge in [-0.25, -0.2) is 8.42 Å². The highest BCUT2D eigenvalue weighted by molar-refractivity contribution is 7.89. The molecule has 182 valence electrons. The van der Waals surface area contributed by atoms with E-state index < -0.39 is 22.2 Å². The Bertz CT molecular complexity index is 1020. The Labute approximate surface area is 198 Å². The van der Waals surface area contributed by atoms with Crippen LogP contribution >= 0.6 is 0 Å². The zero-order chi connectivity index (χ0) is 24.3. The Morgan fingerprint density at radius 2 is 2.00 bits per heavy atom. The Balaban J connectivity index is 2.01. The van der Waals surface area contributed by atoms with E-state index in [2.05, 4.69) is 11.8 Å². The lowest BCUT2D eigenvalue weighted by Crippen LogP contribution is -2.50. The highest BCUT2D eigenvalue weighted by Gasteiger charge is 2.39. The lowest BCUT2D eigenvalue weighted by Gasteiger charge is -2.38. The number of aliphatic hydroxyl groups is 1. The fraction of sp³-hybridized carbons (Fsp3) is 0.640. The Morgan fingerprint density at radius 3 is 2.58 bits per heavy atom. The van der Waals surface area contributed by atoms with Crippen molar-refractivity contribution >= 4 is 15.9 Å². The molecule has 1 N–H and O–H groups in total. The maximum atomic E-state index is 13.5. The number of ether oxygens (including phenoxy) is 1. The van der Waals surface area contributed by atoms with Crippen LogP contribution in [0.1, 0.15) is 52.5 Å². The van der Waals surface area contributed by atoms with Crippen molar-refractivity contribution < 1.29 is 23.1 Å². The summed E-state index contributed by atoms with van der Waals surface area (Å²) in [5.74, 6) is 6.57. The van der Waals surface area contributed by atoms with Crippen LogP contribution in [0.25, 0.3) is 0 Å². The van der Waals surface area contributed by atoms with Crippen LogP contribution in [0.15, 0.2) is 23.1 Å². The third kappa shape index (κ3) is 5.71. The van der Waals surface area contributed by atoms with Crippen LogP contribution in [0, 0.1) is 29.6 Å². The van der Waals surface area contributed by atoms with Gasteiger partial charge in [0.15, 0.2) is 0 Å². The number of amides is 1. The molecule has 0 spiro atoms. The number of carbonyl (C=O) groups excluding carboxylic acids is 1. The van der Waals surface area contributed by atoms with Crippen LogP contribution < -0.4 is 4.74 Å². The highest BCUT2D eigenvalue weighted by Crippen LogP contribution is 2.34. The number of nitrogens with zero attached hydrogens (tertiary/aromatic N) is 2. The number of benzene rings is 1. The van der Waals surface area contributed by atoms with E-state index in [1.54, 1.807) is 31.0 Å². The van der Waals surface area contributed by atoms with Crippen molar-refractivity contribution in [2.24, 2.45) is 17.8 Å². The predicted octanol–water partition coefficient (Wildman–Crippen LogP) is 2.72. The zero-order valence-corrected chi connectivity index (χ0v) is 21.1. The standard InChI is InChI=1S/C25H36N2O5S/c1-17(2)9-10-20-11-12-24-22(13-20)32-23(15-26(5)25(29)21-7-6-8-21)18(3)14-27(19(4)16-28)33(24,30)31/h11-13,17-19,21,23,28H,6-8,14-16H2,1-5H3/t18-,19-,23+/m0/s1. The van der Waals surface area contributed by atoms with Gasteiger partial charge in [0.25, 0.3) is 0 Å². The van der Waals surface area contributed by atoms with Crippen LogP contribution in [-0.2, 0) is 14.8 Å². The Hall–Kier alpha value is -2.08. The maximum Gasteiger partial charge on any atom is 0.247 e. The zero-order valence-electron chi connectivity index (χ0n) is 20.2. The summed E-state index contributed by atoms with van der Waals surface area (Å²) in [4.78, 5) is 14.5. The molecular formula is C25H36N2O5S. The van der Waals surface area contributed by atoms with Gasteiger partial charge >= 0.3 is 0 Å². The van der Waals surface area contributed by atoms with Crippen molar-refractivity contribution in [1.29, 1.82) is 0 Å². The minimum atomic E-state index is -3.89. The summed E-state index contributed by atoms with van der Waals surface area (Å²) >= 11 is 0. The van der Waals surface area contributed by atoms with Gasteiger partial charge in [-0.3, -0.25) is 4.79 Å². The molecule has 0 saturated heterocycles. The minimum Gasteiger partial charge on any atom is -0.487 e. The Morgan fingerprint density at radius 1 is 1.30 bits per heavy atom. The van der Waals surface area contributed by atoms with Gasteiger partial charge in [-0.05, 0) is 38.0 Å². The number of fused-ring (bicyclic) bond motifs is 1. The lowest BCUT2D eigenvalue weighted by atomic mass is 9.84. The van der Waals surface area contributed by atoms with E-state index in [0.717, 1.165) is 19.3 Å². The summed E-state index contributed by atoms with van der Waals surface area (Å²) in [6.45, 7) is 7.85. The number of hydrogen-bond acceptors (Lipinski definition) is 5. The van der Waals surface area contributed by atoms with Gasteiger partial charge in [-0.1, -0.05) is 39.0 Å². The van der Waals surface area contributed by atoms with Crippen LogP contribution in [0.4, 0.5) is 0 Å². The van der Waals surface area contributed by atoms with Crippen LogP contribution in [0.2, 0.25) is 0 Å². The number of likely N-dealkylation sites (N-methyl/N-ethyl adjacent to an activating group) is 1. The van der Waals surface area contributed by atoms with Crippen LogP contribution in [0.5, 0.6) is 5.75 Å². The monoisotopic (exact) mass is 476 g/mol. The second-order valence-corrected chi connectivity index (χ2v) is 11.5. The molecular weight excluding hydrogens is 440 g/mol. The molecule has 33 heavy (non-hydrogen) atoms. The fourth-order valence-corrected chi connectivity index (χ4v) is 5.90. The van der Waals surface area contributed by atoms with Crippen molar-refractivity contribution in [2.75, 3.05) is 26.7 Å². The summed E-state index contributed by atoms with van der Waals surface area (Å²) in [5.41, 5.74) is 0.672. The first-order chi connectivity index (χ1) is 15.5. The number of rotatable bonds is 5. The summed E-state index contributed by atoms with van der Waals surface area (Å²) in [6, 6.07) is 4.30. The molecule has 1 aliphatic carbocycles. The third-order valence-corrected chi connectivity index (χ3v) is 8.48. The van der Waals surface area contributed by atoms with Crippen molar-refractivity contribution in [3.8, 4) is 17.6 Å². The van der Waals surface area contributed by atoms with Crippen molar-refractivity contribution in [2.45, 2.75) is 64.0 Å². The van der Waals surface area contributed by atoms with Gasteiger partial charge in [0.05, 0.1) is 13.2 Å². The first kappa shape index (κ1) is 25.5. The molecule has 1 amide bonds. The molecule has 1 heterocycles. The molecule has 1 aromatic rings. The summed E-state index contributed by atoms with van der Waals surface area (Å²) in [6.07, 6.45) is 2.52. The molecule has 1 aliphatic heterocycles. The number of aliphatic hydroxyl groups excluding tert-OH is 1. The Kier molecular flexibility index (Phi) is 8.09. The average Bonchev–Trinajstić information content (AvgIpc) is 2.72. The summed E-state index contributed by atoms with van der Waals surface area (Å²) < 4.78 is 34.7. The number of hydrogen-bond donors (Lipinski definition) is 1. The topological polar surface area (TPSA) is 87.2 Å². The molecule has 1 saturated carbocycles. The van der Waals surface area contributed by atoms with E-state index in [9.17, 15) is 18.3 Å². The van der Waals surface area contributed by atoms with Gasteiger partial charge in [0.2, 0.25) is 15.9 Å². The molecule has 3 rings (SSSR count). The third-order valence-electron chi connectivity index (χ3n) is 6.46. The largest absolute Gasteiger partial charge is 0.487 e. The van der Waals surface area contributed by atoms with Gasteiger partial charge < -0.3 is 14.7 Å². The quantitative estimate of drug-likeness (QED) is 0.661. The summed E-state index contributed by atoms with van der Waals surface area (Å²) in [7, 11) is -2.11. The molecule has 1 fully saturated rings. The van der Waals surface area contributed by atoms with Crippen molar-refractivity contribution in [3.63, 3.8) is 0 Å². The van der Waals surface area contributed by atoms with E-state index in [4.69, 9.17) is 4.74 Å². The van der Waals surface area contributed by atoms with E-state index in [1.807, 2.05) is 20.8 Å². The predicted molar refractivity (Wildman–Crippen MR) is 127 cm³/mol. The minimum absolute atomic E-state index is 0.0581. The second-order valence-electron chi connectivity index (χ2n) is 9.67. The lowest BCUT2D eigenvalue weighted by molar-refractivity contribution is -0.138. The summed E-state index contributed by atoms with van der Waals surface area (Å²) in [5, 5.41) is 9.75. The number of sulfonamides is 1. The first-order valence-corrected chi connectivity index (χ1v) is 13.2. The average molecular weight is 477 g/mol. The van der Waals surface area contributed by atoms with E-state index in [-0.39, 0.29) is 47.5 Å². The van der Waals surface area contributed by atoms with Crippen molar-refractivity contribution in [1.82, 2.24) is 9.21 Å². The SMILES string of the molecule is CC(C)C#Cc1ccc2c(c1)O[C@H](CN(C)C(=O)C1CCC1)[C@@H](C)CN([C@@H](C)CO)S2(=O)=O. The molecule has 1 aromatic carbocycles. The van der Waals surface area contributed by atoms with Gasteiger partial charge in [0.1, 0.15) is 16.7 Å². The molecule has 0 bridgehead atoms. The van der Waals surface area contributed by atoms with Gasteiger partial charge in [-0.15, -0.1) is 0 Å². The van der Waals surface area contributed by atoms with Crippen molar-refractivity contribution in [3.05, 3.63) is 23.8 Å². The molecule has 8 heteroatoms. The molecule has 3 atom stereocenters. The second kappa shape index (κ2) is 10.5. The van der Waals surface area contributed by atoms with E-state index in [1.165, 1.54) is 10.4 Å². The van der Waals surface area contributed by atoms with E-state index >= 15 is 0 Å². The smallest absolute Gasteiger partial charge is 0.247 e.